The number of hydrogen-bond acceptors (Lipinski definition) is 6. The number of nitrogens with one attached hydrogen (secondary N) is 2. The van der Waals surface area contributed by atoms with Gasteiger partial charge in [-0.3, -0.25) is 19.7 Å². The fraction of sp³-hybridized carbons (Fsp3) is 0.167. The molecule has 3 rings (SSSR count). The van der Waals surface area contributed by atoms with Crippen molar-refractivity contribution in [3.05, 3.63) is 58.6 Å². The van der Waals surface area contributed by atoms with Crippen LogP contribution in [-0.4, -0.2) is 36.4 Å². The third kappa shape index (κ3) is 3.75. The second-order valence-electron chi connectivity index (χ2n) is 5.91. The smallest absolute Gasteiger partial charge is 0.328 e. The summed E-state index contributed by atoms with van der Waals surface area (Å²) in [6, 6.07) is 10.9. The Morgan fingerprint density at radius 1 is 1.25 bits per heavy atom. The zero-order valence-corrected chi connectivity index (χ0v) is 14.7. The zero-order valence-electron chi connectivity index (χ0n) is 14.7. The van der Waals surface area contributed by atoms with E-state index in [1.54, 1.807) is 18.2 Å². The van der Waals surface area contributed by atoms with Crippen LogP contribution in [0.15, 0.2) is 48.5 Å². The van der Waals surface area contributed by atoms with Gasteiger partial charge in [0.2, 0.25) is 11.8 Å². The Hall–Kier alpha value is -3.95. The van der Waals surface area contributed by atoms with Crippen LogP contribution in [0.2, 0.25) is 0 Å². The molecule has 10 heteroatoms. The molecule has 1 saturated heterocycles. The molecule has 2 aromatic carbocycles. The van der Waals surface area contributed by atoms with Gasteiger partial charge in [-0.1, -0.05) is 6.07 Å². The summed E-state index contributed by atoms with van der Waals surface area (Å²) in [5.41, 5.74) is 0.450. The summed E-state index contributed by atoms with van der Waals surface area (Å²) in [7, 11) is 1.46. The zero-order chi connectivity index (χ0) is 20.3. The number of carbonyl (C=O) groups is 3. The van der Waals surface area contributed by atoms with E-state index in [2.05, 4.69) is 10.6 Å². The minimum Gasteiger partial charge on any atom is -0.497 e. The molecule has 0 aliphatic carbocycles. The number of nitro groups is 1. The van der Waals surface area contributed by atoms with E-state index in [0.29, 0.717) is 11.4 Å². The van der Waals surface area contributed by atoms with Gasteiger partial charge in [-0.05, 0) is 24.3 Å². The number of nitro benzene ring substituents is 1. The Labute approximate surface area is 159 Å². The van der Waals surface area contributed by atoms with Gasteiger partial charge in [-0.2, -0.15) is 0 Å². The SMILES string of the molecule is COc1cccc(N2C(=O)NCC(C(=O)Nc3ccc([N+](=O)[O-])cc3)C2=O)c1. The number of carbonyl (C=O) groups excluding carboxylic acids is 3. The Balaban J connectivity index is 1.78. The molecule has 28 heavy (non-hydrogen) atoms. The first-order chi connectivity index (χ1) is 13.4. The number of urea groups is 1. The van der Waals surface area contributed by atoms with E-state index in [4.69, 9.17) is 4.74 Å². The quantitative estimate of drug-likeness (QED) is 0.460. The van der Waals surface area contributed by atoms with E-state index < -0.39 is 28.7 Å². The molecule has 2 N–H and O–H groups in total. The lowest BCUT2D eigenvalue weighted by Crippen LogP contribution is -2.58. The number of hydrogen-bond donors (Lipinski definition) is 2. The maximum absolute atomic E-state index is 12.8. The minimum absolute atomic E-state index is 0.122. The van der Waals surface area contributed by atoms with Crippen molar-refractivity contribution in [2.45, 2.75) is 0 Å². The molecular weight excluding hydrogens is 368 g/mol. The van der Waals surface area contributed by atoms with Gasteiger partial charge < -0.3 is 15.4 Å². The van der Waals surface area contributed by atoms with Crippen LogP contribution in [-0.2, 0) is 9.59 Å². The van der Waals surface area contributed by atoms with E-state index in [0.717, 1.165) is 4.90 Å². The molecule has 10 nitrogen and oxygen atoms in total. The van der Waals surface area contributed by atoms with Crippen LogP contribution in [0, 0.1) is 16.0 Å². The molecule has 4 amide bonds. The van der Waals surface area contributed by atoms with Gasteiger partial charge in [-0.25, -0.2) is 9.69 Å². The molecule has 1 atom stereocenters. The largest absolute Gasteiger partial charge is 0.497 e. The summed E-state index contributed by atoms with van der Waals surface area (Å²) in [6.07, 6.45) is 0. The number of methoxy groups -OCH3 is 1. The molecule has 2 aromatic rings. The lowest BCUT2D eigenvalue weighted by molar-refractivity contribution is -0.384. The number of rotatable bonds is 5. The first-order valence-corrected chi connectivity index (χ1v) is 8.22. The summed E-state index contributed by atoms with van der Waals surface area (Å²) >= 11 is 0. The molecule has 0 saturated carbocycles. The molecule has 1 aliphatic heterocycles. The van der Waals surface area contributed by atoms with Crippen LogP contribution in [0.1, 0.15) is 0 Å². The molecule has 1 heterocycles. The Bertz CT molecular complexity index is 943. The Morgan fingerprint density at radius 3 is 2.61 bits per heavy atom. The summed E-state index contributed by atoms with van der Waals surface area (Å²) in [6.45, 7) is -0.156. The molecule has 1 aliphatic rings. The van der Waals surface area contributed by atoms with Gasteiger partial charge in [0, 0.05) is 30.4 Å². The first kappa shape index (κ1) is 18.8. The highest BCUT2D eigenvalue weighted by Crippen LogP contribution is 2.25. The van der Waals surface area contributed by atoms with Crippen LogP contribution in [0.4, 0.5) is 21.9 Å². The van der Waals surface area contributed by atoms with E-state index in [1.807, 2.05) is 0 Å². The maximum Gasteiger partial charge on any atom is 0.328 e. The highest BCUT2D eigenvalue weighted by molar-refractivity contribution is 6.23. The number of nitrogens with zero attached hydrogens (tertiary/aromatic N) is 2. The van der Waals surface area contributed by atoms with E-state index in [9.17, 15) is 24.5 Å². The van der Waals surface area contributed by atoms with Crippen LogP contribution >= 0.6 is 0 Å². The summed E-state index contributed by atoms with van der Waals surface area (Å²) in [5, 5.41) is 15.7. The van der Waals surface area contributed by atoms with Crippen molar-refractivity contribution >= 4 is 34.9 Å². The maximum atomic E-state index is 12.8. The predicted molar refractivity (Wildman–Crippen MR) is 99.1 cm³/mol. The van der Waals surface area contributed by atoms with Crippen molar-refractivity contribution < 1.29 is 24.0 Å². The third-order valence-corrected chi connectivity index (χ3v) is 4.15. The minimum atomic E-state index is -1.15. The number of ether oxygens (including phenoxy) is 1. The summed E-state index contributed by atoms with van der Waals surface area (Å²) < 4.78 is 5.10. The number of imide groups is 1. The topological polar surface area (TPSA) is 131 Å². The van der Waals surface area contributed by atoms with Gasteiger partial charge in [0.05, 0.1) is 17.7 Å². The standard InChI is InChI=1S/C18H16N4O6/c1-28-14-4-2-3-13(9-14)21-17(24)15(10-19-18(21)25)16(23)20-11-5-7-12(8-6-11)22(26)27/h2-9,15H,10H2,1H3,(H,19,25)(H,20,23). The Morgan fingerprint density at radius 2 is 1.96 bits per heavy atom. The molecule has 0 spiro atoms. The van der Waals surface area contributed by atoms with Crippen molar-refractivity contribution in [1.29, 1.82) is 0 Å². The molecule has 0 bridgehead atoms. The van der Waals surface area contributed by atoms with Crippen LogP contribution in [0.5, 0.6) is 5.75 Å². The molecule has 144 valence electrons. The summed E-state index contributed by atoms with van der Waals surface area (Å²) in [4.78, 5) is 48.5. The van der Waals surface area contributed by atoms with E-state index in [1.165, 1.54) is 37.4 Å². The Kier molecular flexibility index (Phi) is 5.21. The average Bonchev–Trinajstić information content (AvgIpc) is 2.68. The molecule has 1 unspecified atom stereocenters. The van der Waals surface area contributed by atoms with Gasteiger partial charge in [-0.15, -0.1) is 0 Å². The number of anilines is 2. The van der Waals surface area contributed by atoms with Crippen molar-refractivity contribution in [1.82, 2.24) is 5.32 Å². The van der Waals surface area contributed by atoms with Crippen LogP contribution in [0.3, 0.4) is 0 Å². The number of non-ortho nitro benzene ring substituents is 1. The average molecular weight is 384 g/mol. The van der Waals surface area contributed by atoms with E-state index >= 15 is 0 Å². The van der Waals surface area contributed by atoms with E-state index in [-0.39, 0.29) is 17.9 Å². The predicted octanol–water partition coefficient (Wildman–Crippen LogP) is 1.91. The molecule has 1 fully saturated rings. The lowest BCUT2D eigenvalue weighted by atomic mass is 10.0. The number of benzene rings is 2. The van der Waals surface area contributed by atoms with Crippen molar-refractivity contribution in [2.24, 2.45) is 5.92 Å². The second kappa shape index (κ2) is 7.74. The summed E-state index contributed by atoms with van der Waals surface area (Å²) in [5.74, 6) is -2.02. The fourth-order valence-corrected chi connectivity index (χ4v) is 2.71. The fourth-order valence-electron chi connectivity index (χ4n) is 2.71. The van der Waals surface area contributed by atoms with Gasteiger partial charge in [0.25, 0.3) is 5.69 Å². The van der Waals surface area contributed by atoms with Gasteiger partial charge >= 0.3 is 6.03 Å². The molecular formula is C18H16N4O6. The van der Waals surface area contributed by atoms with Crippen molar-refractivity contribution in [3.63, 3.8) is 0 Å². The highest BCUT2D eigenvalue weighted by Gasteiger charge is 2.39. The monoisotopic (exact) mass is 384 g/mol. The number of amides is 4. The highest BCUT2D eigenvalue weighted by atomic mass is 16.6. The van der Waals surface area contributed by atoms with Crippen molar-refractivity contribution in [2.75, 3.05) is 23.9 Å². The second-order valence-corrected chi connectivity index (χ2v) is 5.91. The van der Waals surface area contributed by atoms with Crippen molar-refractivity contribution in [3.8, 4) is 5.75 Å². The van der Waals surface area contributed by atoms with Crippen LogP contribution in [0.25, 0.3) is 0 Å². The van der Waals surface area contributed by atoms with Gasteiger partial charge in [0.15, 0.2) is 0 Å². The first-order valence-electron chi connectivity index (χ1n) is 8.22. The van der Waals surface area contributed by atoms with Gasteiger partial charge in [0.1, 0.15) is 11.7 Å². The van der Waals surface area contributed by atoms with Crippen LogP contribution < -0.4 is 20.3 Å². The normalized spacial score (nSPS) is 16.3. The third-order valence-electron chi connectivity index (χ3n) is 4.15. The molecule has 0 radical (unpaired) electrons. The molecule has 0 aromatic heterocycles. The lowest BCUT2D eigenvalue weighted by Gasteiger charge is -2.30.